The summed E-state index contributed by atoms with van der Waals surface area (Å²) >= 11 is 0. The molecule has 0 saturated carbocycles. The summed E-state index contributed by atoms with van der Waals surface area (Å²) in [4.78, 5) is 18.3. The first-order valence-electron chi connectivity index (χ1n) is 13.9. The number of likely N-dealkylation sites (N-methyl/N-ethyl adjacent to an activating group) is 1. The number of carbonyl (C=O) groups excluding carboxylic acids is 1. The highest BCUT2D eigenvalue weighted by Gasteiger charge is 2.24. The number of nitrogens with one attached hydrogen (secondary N) is 1. The fourth-order valence-corrected chi connectivity index (χ4v) is 5.61. The van der Waals surface area contributed by atoms with E-state index in [2.05, 4.69) is 65.5 Å². The summed E-state index contributed by atoms with van der Waals surface area (Å²) in [5, 5.41) is 3.32. The zero-order valence-electron chi connectivity index (χ0n) is 22.4. The van der Waals surface area contributed by atoms with E-state index >= 15 is 0 Å². The van der Waals surface area contributed by atoms with Crippen molar-refractivity contribution < 1.29 is 14.3 Å². The van der Waals surface area contributed by atoms with Crippen molar-refractivity contribution in [1.29, 1.82) is 0 Å². The van der Waals surface area contributed by atoms with Gasteiger partial charge in [0.05, 0.1) is 6.61 Å². The van der Waals surface area contributed by atoms with Crippen LogP contribution in [0.3, 0.4) is 0 Å². The van der Waals surface area contributed by atoms with Gasteiger partial charge in [-0.25, -0.2) is 0 Å². The Hall–Kier alpha value is -2.67. The number of nitrogens with zero attached hydrogens (tertiary/aromatic N) is 2. The molecular formula is C31H41N3O3. The Morgan fingerprint density at radius 3 is 2.49 bits per heavy atom. The third kappa shape index (κ3) is 6.81. The molecule has 3 aliphatic rings. The molecule has 2 fully saturated rings. The largest absolute Gasteiger partial charge is 0.493 e. The topological polar surface area (TPSA) is 54.0 Å². The van der Waals surface area contributed by atoms with Crippen LogP contribution in [0.25, 0.3) is 17.2 Å². The molecule has 198 valence electrons. The molecular weight excluding hydrogens is 462 g/mol. The van der Waals surface area contributed by atoms with Crippen molar-refractivity contribution >= 4 is 12.0 Å². The zero-order valence-corrected chi connectivity index (χ0v) is 22.4. The molecule has 0 aromatic heterocycles. The lowest BCUT2D eigenvalue weighted by Gasteiger charge is -2.36. The van der Waals surface area contributed by atoms with Crippen LogP contribution in [-0.4, -0.2) is 80.8 Å². The number of benzene rings is 2. The SMILES string of the molecule is Cc1ccc(-c2ccc3c(c2)C=C(C(=O)NC2CCN(CCN(C)C4CCOCC4)CC2)CCO3)cc1. The number of hydrogen-bond donors (Lipinski definition) is 1. The number of carbonyl (C=O) groups is 1. The molecule has 6 nitrogen and oxygen atoms in total. The van der Waals surface area contributed by atoms with E-state index in [0.717, 1.165) is 87.5 Å². The Balaban J connectivity index is 1.14. The smallest absolute Gasteiger partial charge is 0.247 e. The second-order valence-electron chi connectivity index (χ2n) is 10.8. The van der Waals surface area contributed by atoms with Gasteiger partial charge in [-0.15, -0.1) is 0 Å². The molecule has 6 heteroatoms. The Bertz CT molecular complexity index is 1080. The molecule has 0 bridgehead atoms. The third-order valence-corrected chi connectivity index (χ3v) is 8.15. The quantitative estimate of drug-likeness (QED) is 0.602. The average Bonchev–Trinajstić information content (AvgIpc) is 3.15. The first kappa shape index (κ1) is 26.0. The molecule has 5 rings (SSSR count). The van der Waals surface area contributed by atoms with Crippen LogP contribution in [-0.2, 0) is 9.53 Å². The van der Waals surface area contributed by atoms with Gasteiger partial charge in [0.15, 0.2) is 0 Å². The first-order valence-corrected chi connectivity index (χ1v) is 13.9. The van der Waals surface area contributed by atoms with Gasteiger partial charge >= 0.3 is 0 Å². The number of rotatable bonds is 7. The number of ether oxygens (including phenoxy) is 2. The molecule has 1 amide bonds. The van der Waals surface area contributed by atoms with Gasteiger partial charge in [0.1, 0.15) is 5.75 Å². The summed E-state index contributed by atoms with van der Waals surface area (Å²) in [5.41, 5.74) is 5.33. The highest BCUT2D eigenvalue weighted by Crippen LogP contribution is 2.31. The molecule has 2 aromatic rings. The van der Waals surface area contributed by atoms with Gasteiger partial charge in [-0.2, -0.15) is 0 Å². The van der Waals surface area contributed by atoms with E-state index in [1.54, 1.807) is 0 Å². The van der Waals surface area contributed by atoms with E-state index in [1.807, 2.05) is 12.1 Å². The Labute approximate surface area is 221 Å². The molecule has 3 aliphatic heterocycles. The van der Waals surface area contributed by atoms with Crippen LogP contribution in [0, 0.1) is 6.92 Å². The summed E-state index contributed by atoms with van der Waals surface area (Å²) in [5.74, 6) is 0.896. The van der Waals surface area contributed by atoms with E-state index in [9.17, 15) is 4.79 Å². The molecule has 3 heterocycles. The van der Waals surface area contributed by atoms with Gasteiger partial charge in [-0.05, 0) is 69.0 Å². The van der Waals surface area contributed by atoms with Gasteiger partial charge in [0.25, 0.3) is 0 Å². The van der Waals surface area contributed by atoms with Crippen molar-refractivity contribution in [3.63, 3.8) is 0 Å². The van der Waals surface area contributed by atoms with Crippen LogP contribution >= 0.6 is 0 Å². The molecule has 0 unspecified atom stereocenters. The second-order valence-corrected chi connectivity index (χ2v) is 10.8. The molecule has 0 spiro atoms. The zero-order chi connectivity index (χ0) is 25.6. The first-order chi connectivity index (χ1) is 18.0. The van der Waals surface area contributed by atoms with Gasteiger partial charge < -0.3 is 24.6 Å². The second kappa shape index (κ2) is 12.2. The summed E-state index contributed by atoms with van der Waals surface area (Å²) < 4.78 is 11.5. The fourth-order valence-electron chi connectivity index (χ4n) is 5.61. The summed E-state index contributed by atoms with van der Waals surface area (Å²) in [7, 11) is 2.25. The van der Waals surface area contributed by atoms with E-state index in [0.29, 0.717) is 19.1 Å². The maximum Gasteiger partial charge on any atom is 0.247 e. The summed E-state index contributed by atoms with van der Waals surface area (Å²) in [6.07, 6.45) is 6.94. The van der Waals surface area contributed by atoms with Crippen LogP contribution in [0.1, 0.15) is 43.2 Å². The Kier molecular flexibility index (Phi) is 8.59. The van der Waals surface area contributed by atoms with Gasteiger partial charge in [0, 0.05) is 69.0 Å². The maximum atomic E-state index is 13.2. The van der Waals surface area contributed by atoms with E-state index in [1.165, 1.54) is 11.1 Å². The summed E-state index contributed by atoms with van der Waals surface area (Å²) in [6.45, 7) is 8.67. The average molecular weight is 504 g/mol. The predicted molar refractivity (Wildman–Crippen MR) is 149 cm³/mol. The maximum absolute atomic E-state index is 13.2. The molecule has 1 N–H and O–H groups in total. The van der Waals surface area contributed by atoms with Crippen LogP contribution in [0.15, 0.2) is 48.0 Å². The van der Waals surface area contributed by atoms with E-state index in [4.69, 9.17) is 9.47 Å². The number of piperidine rings is 1. The van der Waals surface area contributed by atoms with Crippen molar-refractivity contribution in [2.75, 3.05) is 53.0 Å². The molecule has 2 aromatic carbocycles. The minimum Gasteiger partial charge on any atom is -0.493 e. The number of aryl methyl sites for hydroxylation is 1. The lowest BCUT2D eigenvalue weighted by atomic mass is 9.99. The molecule has 2 saturated heterocycles. The number of amides is 1. The fraction of sp³-hybridized carbons (Fsp3) is 0.516. The van der Waals surface area contributed by atoms with E-state index < -0.39 is 0 Å². The highest BCUT2D eigenvalue weighted by molar-refractivity contribution is 5.98. The standard InChI is InChI=1S/C31H41N3O3/c1-23-3-5-24(6-4-23)25-7-8-30-27(21-25)22-26(11-20-37-30)31(35)32-28-9-14-34(15-10-28)17-16-33(2)29-12-18-36-19-13-29/h3-8,21-22,28-29H,9-20H2,1-2H3,(H,32,35). The third-order valence-electron chi connectivity index (χ3n) is 8.15. The van der Waals surface area contributed by atoms with Crippen molar-refractivity contribution in [1.82, 2.24) is 15.1 Å². The predicted octanol–water partition coefficient (Wildman–Crippen LogP) is 4.52. The van der Waals surface area contributed by atoms with Crippen LogP contribution in [0.5, 0.6) is 5.75 Å². The van der Waals surface area contributed by atoms with Crippen LogP contribution < -0.4 is 10.1 Å². The van der Waals surface area contributed by atoms with Crippen molar-refractivity contribution in [2.24, 2.45) is 0 Å². The molecule has 0 aliphatic carbocycles. The highest BCUT2D eigenvalue weighted by atomic mass is 16.5. The molecule has 0 radical (unpaired) electrons. The number of fused-ring (bicyclic) bond motifs is 1. The van der Waals surface area contributed by atoms with E-state index in [-0.39, 0.29) is 11.9 Å². The molecule has 37 heavy (non-hydrogen) atoms. The monoisotopic (exact) mass is 503 g/mol. The van der Waals surface area contributed by atoms with Crippen molar-refractivity contribution in [3.05, 3.63) is 59.2 Å². The lowest BCUT2D eigenvalue weighted by molar-refractivity contribution is -0.118. The lowest BCUT2D eigenvalue weighted by Crippen LogP contribution is -2.47. The number of likely N-dealkylation sites (tertiary alicyclic amines) is 1. The van der Waals surface area contributed by atoms with Gasteiger partial charge in [-0.1, -0.05) is 35.9 Å². The van der Waals surface area contributed by atoms with Crippen molar-refractivity contribution in [2.45, 2.75) is 51.1 Å². The normalized spacial score (nSPS) is 19.6. The minimum atomic E-state index is 0.0508. The molecule has 0 atom stereocenters. The van der Waals surface area contributed by atoms with Crippen LogP contribution in [0.4, 0.5) is 0 Å². The Morgan fingerprint density at radius 1 is 1.00 bits per heavy atom. The van der Waals surface area contributed by atoms with Gasteiger partial charge in [-0.3, -0.25) is 4.79 Å². The minimum absolute atomic E-state index is 0.0508. The summed E-state index contributed by atoms with van der Waals surface area (Å²) in [6, 6.07) is 15.7. The van der Waals surface area contributed by atoms with Crippen molar-refractivity contribution in [3.8, 4) is 16.9 Å². The number of hydrogen-bond acceptors (Lipinski definition) is 5. The van der Waals surface area contributed by atoms with Gasteiger partial charge in [0.2, 0.25) is 5.91 Å². The van der Waals surface area contributed by atoms with Crippen LogP contribution in [0.2, 0.25) is 0 Å². The Morgan fingerprint density at radius 2 is 1.73 bits per heavy atom.